The zero-order valence-electron chi connectivity index (χ0n) is 7.77. The van der Waals surface area contributed by atoms with E-state index in [-0.39, 0.29) is 18.0 Å². The van der Waals surface area contributed by atoms with Gasteiger partial charge in [0.2, 0.25) is 5.91 Å². The molecule has 66 valence electrons. The van der Waals surface area contributed by atoms with Crippen LogP contribution in [-0.4, -0.2) is 19.1 Å². The number of carbonyl (C=O) groups is 1. The van der Waals surface area contributed by atoms with Crippen LogP contribution in [0.1, 0.15) is 27.2 Å². The summed E-state index contributed by atoms with van der Waals surface area (Å²) < 4.78 is 0. The van der Waals surface area contributed by atoms with Gasteiger partial charge >= 0.3 is 0 Å². The number of amides is 1. The van der Waals surface area contributed by atoms with E-state index in [1.54, 1.807) is 0 Å². The van der Waals surface area contributed by atoms with Crippen LogP contribution in [0.5, 0.6) is 0 Å². The Bertz CT molecular complexity index is 125. The Labute approximate surface area is 68.6 Å². The zero-order chi connectivity index (χ0) is 8.85. The molecule has 1 amide bonds. The maximum atomic E-state index is 11.2. The number of rotatable bonds is 4. The number of nitrogens with one attached hydrogen (secondary N) is 2. The predicted octanol–water partition coefficient (Wildman–Crippen LogP) is 0.714. The minimum Gasteiger partial charge on any atom is -0.341 e. The molecular formula is C8H18N2O. The van der Waals surface area contributed by atoms with E-state index in [0.29, 0.717) is 0 Å². The smallest absolute Gasteiger partial charge is 0.224 e. The molecule has 0 aromatic rings. The summed E-state index contributed by atoms with van der Waals surface area (Å²) in [4.78, 5) is 11.2. The molecule has 0 saturated heterocycles. The van der Waals surface area contributed by atoms with Crippen LogP contribution in [0.25, 0.3) is 0 Å². The van der Waals surface area contributed by atoms with Gasteiger partial charge in [0.25, 0.3) is 0 Å². The molecular weight excluding hydrogens is 140 g/mol. The Balaban J connectivity index is 3.68. The molecule has 0 aliphatic rings. The fraction of sp³-hybridized carbons (Fsp3) is 0.875. The third-order valence-corrected chi connectivity index (χ3v) is 1.85. The first-order valence-electron chi connectivity index (χ1n) is 4.09. The maximum absolute atomic E-state index is 11.2. The summed E-state index contributed by atoms with van der Waals surface area (Å²) in [5, 5.41) is 5.77. The molecule has 0 aromatic carbocycles. The largest absolute Gasteiger partial charge is 0.341 e. The number of hydrogen-bond acceptors (Lipinski definition) is 2. The lowest BCUT2D eigenvalue weighted by Crippen LogP contribution is -2.43. The summed E-state index contributed by atoms with van der Waals surface area (Å²) in [5.41, 5.74) is 0. The first kappa shape index (κ1) is 10.4. The second kappa shape index (κ2) is 5.13. The second-order valence-electron chi connectivity index (χ2n) is 2.83. The van der Waals surface area contributed by atoms with Crippen molar-refractivity contribution in [3.63, 3.8) is 0 Å². The first-order chi connectivity index (χ1) is 5.11. The van der Waals surface area contributed by atoms with Gasteiger partial charge in [-0.2, -0.15) is 0 Å². The molecule has 0 aliphatic heterocycles. The monoisotopic (exact) mass is 158 g/mol. The van der Waals surface area contributed by atoms with Crippen molar-refractivity contribution in [2.24, 2.45) is 5.92 Å². The van der Waals surface area contributed by atoms with Gasteiger partial charge in [0, 0.05) is 5.92 Å². The predicted molar refractivity (Wildman–Crippen MR) is 46.1 cm³/mol. The second-order valence-corrected chi connectivity index (χ2v) is 2.83. The lowest BCUT2D eigenvalue weighted by Gasteiger charge is -2.15. The standard InChI is InChI=1S/C8H18N2O/c1-5-6(2)8(11)10-7(3)9-4/h6-7,9H,5H2,1-4H3,(H,10,11). The van der Waals surface area contributed by atoms with Gasteiger partial charge in [-0.15, -0.1) is 0 Å². The van der Waals surface area contributed by atoms with Gasteiger partial charge in [0.1, 0.15) is 0 Å². The van der Waals surface area contributed by atoms with Crippen molar-refractivity contribution in [2.45, 2.75) is 33.4 Å². The van der Waals surface area contributed by atoms with Crippen LogP contribution in [0, 0.1) is 5.92 Å². The van der Waals surface area contributed by atoms with E-state index in [0.717, 1.165) is 6.42 Å². The van der Waals surface area contributed by atoms with Gasteiger partial charge < -0.3 is 10.6 Å². The Hall–Kier alpha value is -0.570. The van der Waals surface area contributed by atoms with Crippen molar-refractivity contribution in [3.05, 3.63) is 0 Å². The highest BCUT2D eigenvalue weighted by Crippen LogP contribution is 1.99. The molecule has 0 fully saturated rings. The summed E-state index contributed by atoms with van der Waals surface area (Å²) in [7, 11) is 1.82. The van der Waals surface area contributed by atoms with Gasteiger partial charge in [0.05, 0.1) is 6.17 Å². The van der Waals surface area contributed by atoms with Crippen molar-refractivity contribution in [1.82, 2.24) is 10.6 Å². The van der Waals surface area contributed by atoms with E-state index in [9.17, 15) is 4.79 Å². The molecule has 2 N–H and O–H groups in total. The van der Waals surface area contributed by atoms with Crippen LogP contribution in [-0.2, 0) is 4.79 Å². The lowest BCUT2D eigenvalue weighted by molar-refractivity contribution is -0.125. The van der Waals surface area contributed by atoms with E-state index in [2.05, 4.69) is 10.6 Å². The van der Waals surface area contributed by atoms with E-state index in [1.165, 1.54) is 0 Å². The molecule has 0 radical (unpaired) electrons. The maximum Gasteiger partial charge on any atom is 0.224 e. The van der Waals surface area contributed by atoms with Gasteiger partial charge in [-0.1, -0.05) is 13.8 Å². The summed E-state index contributed by atoms with van der Waals surface area (Å²) in [6.07, 6.45) is 0.957. The Morgan fingerprint density at radius 2 is 2.00 bits per heavy atom. The molecule has 0 aromatic heterocycles. The first-order valence-corrected chi connectivity index (χ1v) is 4.09. The highest BCUT2D eigenvalue weighted by atomic mass is 16.2. The molecule has 0 rings (SSSR count). The highest BCUT2D eigenvalue weighted by molar-refractivity contribution is 5.78. The lowest BCUT2D eigenvalue weighted by atomic mass is 10.1. The molecule has 2 unspecified atom stereocenters. The molecule has 0 aliphatic carbocycles. The normalized spacial score (nSPS) is 15.6. The van der Waals surface area contributed by atoms with E-state index in [4.69, 9.17) is 0 Å². The van der Waals surface area contributed by atoms with E-state index < -0.39 is 0 Å². The van der Waals surface area contributed by atoms with Crippen LogP contribution in [0.3, 0.4) is 0 Å². The van der Waals surface area contributed by atoms with Crippen molar-refractivity contribution in [2.75, 3.05) is 7.05 Å². The van der Waals surface area contributed by atoms with Crippen molar-refractivity contribution in [1.29, 1.82) is 0 Å². The molecule has 0 heterocycles. The zero-order valence-corrected chi connectivity index (χ0v) is 7.77. The minimum atomic E-state index is 0.0662. The third kappa shape index (κ3) is 3.98. The fourth-order valence-electron chi connectivity index (χ4n) is 0.613. The molecule has 0 saturated carbocycles. The highest BCUT2D eigenvalue weighted by Gasteiger charge is 2.11. The van der Waals surface area contributed by atoms with E-state index >= 15 is 0 Å². The van der Waals surface area contributed by atoms with Gasteiger partial charge in [-0.25, -0.2) is 0 Å². The molecule has 0 bridgehead atoms. The van der Waals surface area contributed by atoms with Crippen LogP contribution in [0.4, 0.5) is 0 Å². The fourth-order valence-corrected chi connectivity index (χ4v) is 0.613. The minimum absolute atomic E-state index is 0.0662. The van der Waals surface area contributed by atoms with Gasteiger partial charge in [0.15, 0.2) is 0 Å². The Kier molecular flexibility index (Phi) is 4.86. The average Bonchev–Trinajstić information content (AvgIpc) is 2.02. The summed E-state index contributed by atoms with van der Waals surface area (Å²) in [6.45, 7) is 5.85. The number of carbonyl (C=O) groups excluding carboxylic acids is 1. The molecule has 3 nitrogen and oxygen atoms in total. The number of hydrogen-bond donors (Lipinski definition) is 2. The Morgan fingerprint density at radius 1 is 1.45 bits per heavy atom. The van der Waals surface area contributed by atoms with Crippen molar-refractivity contribution >= 4 is 5.91 Å². The summed E-state index contributed by atoms with van der Waals surface area (Å²) >= 11 is 0. The molecule has 2 atom stereocenters. The van der Waals surface area contributed by atoms with Crippen LogP contribution in [0.15, 0.2) is 0 Å². The summed E-state index contributed by atoms with van der Waals surface area (Å²) in [6, 6.07) is 0. The van der Waals surface area contributed by atoms with Crippen LogP contribution >= 0.6 is 0 Å². The third-order valence-electron chi connectivity index (χ3n) is 1.85. The van der Waals surface area contributed by atoms with Crippen LogP contribution < -0.4 is 10.6 Å². The van der Waals surface area contributed by atoms with Crippen molar-refractivity contribution in [3.8, 4) is 0 Å². The average molecular weight is 158 g/mol. The SMILES string of the molecule is CCC(C)C(=O)NC(C)NC. The van der Waals surface area contributed by atoms with Gasteiger partial charge in [-0.05, 0) is 20.4 Å². The quantitative estimate of drug-likeness (QED) is 0.592. The Morgan fingerprint density at radius 3 is 2.36 bits per heavy atom. The molecule has 0 spiro atoms. The summed E-state index contributed by atoms with van der Waals surface area (Å²) in [5.74, 6) is 0.236. The topological polar surface area (TPSA) is 41.1 Å². The van der Waals surface area contributed by atoms with Gasteiger partial charge in [-0.3, -0.25) is 4.79 Å². The molecule has 3 heteroatoms. The van der Waals surface area contributed by atoms with Crippen molar-refractivity contribution < 1.29 is 4.79 Å². The molecule has 11 heavy (non-hydrogen) atoms. The van der Waals surface area contributed by atoms with Crippen LogP contribution in [0.2, 0.25) is 0 Å². The van der Waals surface area contributed by atoms with E-state index in [1.807, 2.05) is 27.8 Å².